The molecule has 1 saturated heterocycles. The van der Waals surface area contributed by atoms with Crippen molar-refractivity contribution < 1.29 is 9.47 Å². The molecule has 0 radical (unpaired) electrons. The van der Waals surface area contributed by atoms with Crippen LogP contribution in [0.3, 0.4) is 0 Å². The predicted molar refractivity (Wildman–Crippen MR) is 114 cm³/mol. The Balaban J connectivity index is 1.64. The molecule has 2 N–H and O–H groups in total. The number of nitrogens with one attached hydrogen (secondary N) is 2. The quantitative estimate of drug-likeness (QED) is 0.571. The highest BCUT2D eigenvalue weighted by molar-refractivity contribution is 6.30. The second-order valence-electron chi connectivity index (χ2n) is 7.03. The zero-order valence-corrected chi connectivity index (χ0v) is 17.3. The Bertz CT molecular complexity index is 787. The zero-order valence-electron chi connectivity index (χ0n) is 16.5. The van der Waals surface area contributed by atoms with E-state index in [-0.39, 0.29) is 5.41 Å². The van der Waals surface area contributed by atoms with E-state index in [1.807, 2.05) is 36.4 Å². The number of methoxy groups -OCH3 is 1. The van der Waals surface area contributed by atoms with Crippen molar-refractivity contribution >= 4 is 17.6 Å². The average Bonchev–Trinajstić information content (AvgIpc) is 2.75. The Morgan fingerprint density at radius 1 is 1.14 bits per heavy atom. The molecule has 3 rings (SSSR count). The monoisotopic (exact) mass is 401 g/mol. The van der Waals surface area contributed by atoms with E-state index in [0.717, 1.165) is 49.3 Å². The van der Waals surface area contributed by atoms with E-state index < -0.39 is 0 Å². The molecule has 1 aliphatic heterocycles. The fourth-order valence-corrected chi connectivity index (χ4v) is 3.74. The minimum absolute atomic E-state index is 0.0130. The van der Waals surface area contributed by atoms with Gasteiger partial charge in [-0.25, -0.2) is 0 Å². The molecule has 0 aliphatic carbocycles. The Hall–Kier alpha value is -2.24. The van der Waals surface area contributed by atoms with Gasteiger partial charge >= 0.3 is 0 Å². The molecule has 28 heavy (non-hydrogen) atoms. The van der Waals surface area contributed by atoms with Crippen molar-refractivity contribution in [3.8, 4) is 5.75 Å². The number of ether oxygens (including phenoxy) is 2. The van der Waals surface area contributed by atoms with Crippen molar-refractivity contribution in [2.24, 2.45) is 4.99 Å². The van der Waals surface area contributed by atoms with E-state index in [1.54, 1.807) is 14.2 Å². The van der Waals surface area contributed by atoms with Gasteiger partial charge in [0.15, 0.2) is 5.96 Å². The van der Waals surface area contributed by atoms with Crippen LogP contribution in [-0.4, -0.2) is 39.9 Å². The fraction of sp³-hybridized carbons (Fsp3) is 0.409. The first kappa shape index (κ1) is 20.5. The first-order valence-electron chi connectivity index (χ1n) is 9.56. The van der Waals surface area contributed by atoms with Gasteiger partial charge in [0, 0.05) is 43.8 Å². The molecule has 0 atom stereocenters. The van der Waals surface area contributed by atoms with Crippen molar-refractivity contribution in [2.45, 2.75) is 24.8 Å². The summed E-state index contributed by atoms with van der Waals surface area (Å²) in [5, 5.41) is 7.66. The molecule has 0 aromatic heterocycles. The van der Waals surface area contributed by atoms with Crippen LogP contribution in [0.5, 0.6) is 5.75 Å². The molecule has 6 heteroatoms. The van der Waals surface area contributed by atoms with Gasteiger partial charge in [0.25, 0.3) is 0 Å². The van der Waals surface area contributed by atoms with E-state index in [0.29, 0.717) is 6.54 Å². The lowest BCUT2D eigenvalue weighted by atomic mass is 9.74. The van der Waals surface area contributed by atoms with Crippen LogP contribution in [0.25, 0.3) is 0 Å². The number of halogens is 1. The Morgan fingerprint density at radius 3 is 2.54 bits per heavy atom. The summed E-state index contributed by atoms with van der Waals surface area (Å²) in [5.41, 5.74) is 2.40. The van der Waals surface area contributed by atoms with Crippen molar-refractivity contribution in [3.63, 3.8) is 0 Å². The first-order valence-corrected chi connectivity index (χ1v) is 9.94. The largest absolute Gasteiger partial charge is 0.497 e. The molecule has 1 heterocycles. The molecule has 0 spiro atoms. The van der Waals surface area contributed by atoms with Crippen LogP contribution in [0, 0.1) is 0 Å². The van der Waals surface area contributed by atoms with Crippen molar-refractivity contribution in [1.29, 1.82) is 0 Å². The molecule has 2 aromatic carbocycles. The summed E-state index contributed by atoms with van der Waals surface area (Å²) in [6.45, 7) is 2.98. The smallest absolute Gasteiger partial charge is 0.191 e. The topological polar surface area (TPSA) is 54.9 Å². The maximum atomic E-state index is 6.26. The van der Waals surface area contributed by atoms with Crippen LogP contribution in [0.4, 0.5) is 0 Å². The van der Waals surface area contributed by atoms with E-state index >= 15 is 0 Å². The molecule has 150 valence electrons. The summed E-state index contributed by atoms with van der Waals surface area (Å²) in [6, 6.07) is 16.2. The van der Waals surface area contributed by atoms with E-state index in [1.165, 1.54) is 11.1 Å². The van der Waals surface area contributed by atoms with Gasteiger partial charge in [0.1, 0.15) is 5.75 Å². The summed E-state index contributed by atoms with van der Waals surface area (Å²) in [7, 11) is 3.46. The molecular formula is C22H28ClN3O2. The van der Waals surface area contributed by atoms with Crippen molar-refractivity contribution in [3.05, 3.63) is 64.7 Å². The van der Waals surface area contributed by atoms with Crippen LogP contribution < -0.4 is 15.4 Å². The summed E-state index contributed by atoms with van der Waals surface area (Å²) in [4.78, 5) is 4.38. The molecule has 0 bridgehead atoms. The standard InChI is InChI=1S/C22H28ClN3O2/c1-24-21(25-15-17-6-8-20(27-2)9-7-17)26-16-22(10-12-28-13-11-22)18-4-3-5-19(23)14-18/h3-9,14H,10-13,15-16H2,1-2H3,(H2,24,25,26). The molecule has 0 amide bonds. The Labute approximate surface area is 172 Å². The van der Waals surface area contributed by atoms with Crippen LogP contribution in [0.1, 0.15) is 24.0 Å². The van der Waals surface area contributed by atoms with E-state index in [9.17, 15) is 0 Å². The number of hydrogen-bond donors (Lipinski definition) is 2. The SMILES string of the molecule is CN=C(NCc1ccc(OC)cc1)NCC1(c2cccc(Cl)c2)CCOCC1. The highest BCUT2D eigenvalue weighted by Gasteiger charge is 2.34. The van der Waals surface area contributed by atoms with Gasteiger partial charge in [0.05, 0.1) is 7.11 Å². The third-order valence-corrected chi connectivity index (χ3v) is 5.56. The third kappa shape index (κ3) is 5.18. The molecule has 0 saturated carbocycles. The van der Waals surface area contributed by atoms with Gasteiger partial charge in [0.2, 0.25) is 0 Å². The van der Waals surface area contributed by atoms with Crippen molar-refractivity contribution in [1.82, 2.24) is 10.6 Å². The molecule has 1 fully saturated rings. The lowest BCUT2D eigenvalue weighted by Gasteiger charge is -2.38. The van der Waals surface area contributed by atoms with Crippen molar-refractivity contribution in [2.75, 3.05) is 33.9 Å². The number of aliphatic imine (C=N–C) groups is 1. The minimum atomic E-state index is -0.0130. The average molecular weight is 402 g/mol. The normalized spacial score (nSPS) is 16.5. The van der Waals surface area contributed by atoms with Gasteiger partial charge in [-0.1, -0.05) is 35.9 Å². The summed E-state index contributed by atoms with van der Waals surface area (Å²) >= 11 is 6.26. The maximum absolute atomic E-state index is 6.26. The minimum Gasteiger partial charge on any atom is -0.497 e. The molecular weight excluding hydrogens is 374 g/mol. The second-order valence-corrected chi connectivity index (χ2v) is 7.47. The number of hydrogen-bond acceptors (Lipinski definition) is 3. The third-order valence-electron chi connectivity index (χ3n) is 5.32. The van der Waals surface area contributed by atoms with Crippen LogP contribution in [0.15, 0.2) is 53.5 Å². The van der Waals surface area contributed by atoms with E-state index in [4.69, 9.17) is 21.1 Å². The number of benzene rings is 2. The summed E-state index contributed by atoms with van der Waals surface area (Å²) in [5.74, 6) is 1.64. The number of rotatable bonds is 6. The van der Waals surface area contributed by atoms with E-state index in [2.05, 4.69) is 27.8 Å². The number of guanidine groups is 1. The highest BCUT2D eigenvalue weighted by atomic mass is 35.5. The lowest BCUT2D eigenvalue weighted by Crippen LogP contribution is -2.47. The lowest BCUT2D eigenvalue weighted by molar-refractivity contribution is 0.0514. The summed E-state index contributed by atoms with van der Waals surface area (Å²) < 4.78 is 10.8. The fourth-order valence-electron chi connectivity index (χ4n) is 3.55. The Kier molecular flexibility index (Phi) is 7.18. The maximum Gasteiger partial charge on any atom is 0.191 e. The molecule has 5 nitrogen and oxygen atoms in total. The van der Waals surface area contributed by atoms with Gasteiger partial charge in [-0.3, -0.25) is 4.99 Å². The van der Waals surface area contributed by atoms with Gasteiger partial charge in [-0.05, 0) is 48.2 Å². The molecule has 0 unspecified atom stereocenters. The highest BCUT2D eigenvalue weighted by Crippen LogP contribution is 2.35. The first-order chi connectivity index (χ1) is 13.6. The van der Waals surface area contributed by atoms with Gasteiger partial charge in [-0.15, -0.1) is 0 Å². The molecule has 2 aromatic rings. The van der Waals surface area contributed by atoms with Crippen LogP contribution in [-0.2, 0) is 16.7 Å². The molecule has 1 aliphatic rings. The summed E-state index contributed by atoms with van der Waals surface area (Å²) in [6.07, 6.45) is 1.91. The second kappa shape index (κ2) is 9.80. The zero-order chi connectivity index (χ0) is 19.8. The number of nitrogens with zero attached hydrogens (tertiary/aromatic N) is 1. The Morgan fingerprint density at radius 2 is 1.89 bits per heavy atom. The van der Waals surface area contributed by atoms with Crippen LogP contribution in [0.2, 0.25) is 5.02 Å². The van der Waals surface area contributed by atoms with Crippen LogP contribution >= 0.6 is 11.6 Å². The predicted octanol–water partition coefficient (Wildman–Crippen LogP) is 3.76. The van der Waals surface area contributed by atoms with Gasteiger partial charge < -0.3 is 20.1 Å². The van der Waals surface area contributed by atoms with Gasteiger partial charge in [-0.2, -0.15) is 0 Å².